The number of aromatic carboxylic acids is 1. The first-order valence-corrected chi connectivity index (χ1v) is 6.02. The number of hydrogen-bond acceptors (Lipinski definition) is 3. The Morgan fingerprint density at radius 1 is 1.21 bits per heavy atom. The molecular weight excluding hydrogens is 251 g/mol. The molecule has 1 amide bonds. The van der Waals surface area contributed by atoms with Gasteiger partial charge in [-0.25, -0.2) is 9.18 Å². The van der Waals surface area contributed by atoms with Gasteiger partial charge in [0.25, 0.3) is 0 Å². The third-order valence-electron chi connectivity index (χ3n) is 3.27. The summed E-state index contributed by atoms with van der Waals surface area (Å²) < 4.78 is 13.3. The van der Waals surface area contributed by atoms with Gasteiger partial charge < -0.3 is 14.9 Å². The second kappa shape index (κ2) is 5.26. The van der Waals surface area contributed by atoms with E-state index < -0.39 is 11.8 Å². The van der Waals surface area contributed by atoms with Gasteiger partial charge in [0.2, 0.25) is 5.91 Å². The summed E-state index contributed by atoms with van der Waals surface area (Å²) in [5.41, 5.74) is 0.341. The van der Waals surface area contributed by atoms with Crippen LogP contribution >= 0.6 is 0 Å². The summed E-state index contributed by atoms with van der Waals surface area (Å²) in [7, 11) is 0. The van der Waals surface area contributed by atoms with Crippen LogP contribution in [0, 0.1) is 5.82 Å². The Morgan fingerprint density at radius 3 is 2.37 bits per heavy atom. The Labute approximate surface area is 110 Å². The first kappa shape index (κ1) is 13.3. The SMILES string of the molecule is CC(=O)N1CCN(c2ccc(F)c(C(=O)O)c2)CC1. The molecule has 1 heterocycles. The first-order chi connectivity index (χ1) is 8.99. The lowest BCUT2D eigenvalue weighted by molar-refractivity contribution is -0.129. The number of anilines is 1. The molecule has 0 aromatic heterocycles. The van der Waals surface area contributed by atoms with Crippen LogP contribution in [0.15, 0.2) is 18.2 Å². The number of benzene rings is 1. The minimum absolute atomic E-state index is 0.0324. The van der Waals surface area contributed by atoms with Crippen molar-refractivity contribution in [2.75, 3.05) is 31.1 Å². The van der Waals surface area contributed by atoms with Crippen LogP contribution in [0.1, 0.15) is 17.3 Å². The number of halogens is 1. The van der Waals surface area contributed by atoms with Crippen molar-refractivity contribution < 1.29 is 19.1 Å². The Kier molecular flexibility index (Phi) is 3.69. The number of carboxylic acids is 1. The predicted octanol–water partition coefficient (Wildman–Crippen LogP) is 1.19. The molecule has 5 nitrogen and oxygen atoms in total. The highest BCUT2D eigenvalue weighted by atomic mass is 19.1. The Bertz CT molecular complexity index is 511. The van der Waals surface area contributed by atoms with E-state index in [9.17, 15) is 14.0 Å². The molecule has 0 aliphatic carbocycles. The monoisotopic (exact) mass is 266 g/mol. The number of carbonyl (C=O) groups is 2. The largest absolute Gasteiger partial charge is 0.478 e. The first-order valence-electron chi connectivity index (χ1n) is 6.02. The van der Waals surface area contributed by atoms with E-state index in [-0.39, 0.29) is 11.5 Å². The van der Waals surface area contributed by atoms with E-state index in [0.29, 0.717) is 31.9 Å². The van der Waals surface area contributed by atoms with Gasteiger partial charge in [-0.15, -0.1) is 0 Å². The van der Waals surface area contributed by atoms with Gasteiger partial charge in [-0.05, 0) is 18.2 Å². The molecule has 0 saturated carbocycles. The van der Waals surface area contributed by atoms with Crippen molar-refractivity contribution in [3.05, 3.63) is 29.6 Å². The molecule has 1 aromatic carbocycles. The third kappa shape index (κ3) is 2.83. The van der Waals surface area contributed by atoms with Crippen molar-refractivity contribution >= 4 is 17.6 Å². The zero-order chi connectivity index (χ0) is 14.0. The van der Waals surface area contributed by atoms with Crippen LogP contribution in [0.2, 0.25) is 0 Å². The summed E-state index contributed by atoms with van der Waals surface area (Å²) >= 11 is 0. The fourth-order valence-corrected chi connectivity index (χ4v) is 2.15. The van der Waals surface area contributed by atoms with Crippen molar-refractivity contribution in [2.45, 2.75) is 6.92 Å². The van der Waals surface area contributed by atoms with Gasteiger partial charge in [-0.2, -0.15) is 0 Å². The molecule has 19 heavy (non-hydrogen) atoms. The van der Waals surface area contributed by atoms with E-state index in [1.807, 2.05) is 4.90 Å². The Morgan fingerprint density at radius 2 is 1.84 bits per heavy atom. The van der Waals surface area contributed by atoms with Gasteiger partial charge in [0.15, 0.2) is 0 Å². The molecule has 1 aromatic rings. The van der Waals surface area contributed by atoms with Gasteiger partial charge in [0.05, 0.1) is 5.56 Å². The number of nitrogens with zero attached hydrogens (tertiary/aromatic N) is 2. The third-order valence-corrected chi connectivity index (χ3v) is 3.27. The number of rotatable bonds is 2. The number of amides is 1. The van der Waals surface area contributed by atoms with Crippen molar-refractivity contribution in [2.24, 2.45) is 0 Å². The molecule has 0 unspecified atom stereocenters. The summed E-state index contributed by atoms with van der Waals surface area (Å²) in [6.07, 6.45) is 0. The van der Waals surface area contributed by atoms with E-state index in [2.05, 4.69) is 0 Å². The highest BCUT2D eigenvalue weighted by Gasteiger charge is 2.20. The molecule has 6 heteroatoms. The second-order valence-electron chi connectivity index (χ2n) is 4.46. The molecule has 1 fully saturated rings. The maximum Gasteiger partial charge on any atom is 0.338 e. The minimum Gasteiger partial charge on any atom is -0.478 e. The average Bonchev–Trinajstić information content (AvgIpc) is 2.39. The van der Waals surface area contributed by atoms with Crippen LogP contribution in [0.5, 0.6) is 0 Å². The summed E-state index contributed by atoms with van der Waals surface area (Å²) in [5, 5.41) is 8.89. The van der Waals surface area contributed by atoms with E-state index in [1.165, 1.54) is 13.0 Å². The quantitative estimate of drug-likeness (QED) is 0.873. The summed E-state index contributed by atoms with van der Waals surface area (Å²) in [6, 6.07) is 4.06. The summed E-state index contributed by atoms with van der Waals surface area (Å²) in [5.74, 6) is -1.98. The van der Waals surface area contributed by atoms with Crippen LogP contribution in [0.3, 0.4) is 0 Å². The zero-order valence-electron chi connectivity index (χ0n) is 10.6. The average molecular weight is 266 g/mol. The van der Waals surface area contributed by atoms with E-state index in [4.69, 9.17) is 5.11 Å². The number of carboxylic acid groups (broad SMARTS) is 1. The van der Waals surface area contributed by atoms with Crippen molar-refractivity contribution in [3.8, 4) is 0 Å². The van der Waals surface area contributed by atoms with E-state index in [1.54, 1.807) is 11.0 Å². The van der Waals surface area contributed by atoms with Crippen LogP contribution in [-0.2, 0) is 4.79 Å². The molecule has 0 radical (unpaired) electrons. The van der Waals surface area contributed by atoms with Gasteiger partial charge in [-0.1, -0.05) is 0 Å². The van der Waals surface area contributed by atoms with Crippen molar-refractivity contribution in [3.63, 3.8) is 0 Å². The highest BCUT2D eigenvalue weighted by Crippen LogP contribution is 2.20. The molecule has 1 N–H and O–H groups in total. The van der Waals surface area contributed by atoms with Crippen molar-refractivity contribution in [1.29, 1.82) is 0 Å². The fraction of sp³-hybridized carbons (Fsp3) is 0.385. The van der Waals surface area contributed by atoms with E-state index >= 15 is 0 Å². The second-order valence-corrected chi connectivity index (χ2v) is 4.46. The molecule has 2 rings (SSSR count). The zero-order valence-corrected chi connectivity index (χ0v) is 10.6. The standard InChI is InChI=1S/C13H15FN2O3/c1-9(17)15-4-6-16(7-5-15)10-2-3-12(14)11(8-10)13(18)19/h2-3,8H,4-7H2,1H3,(H,18,19). The summed E-state index contributed by atoms with van der Waals surface area (Å²) in [4.78, 5) is 25.8. The number of hydrogen-bond donors (Lipinski definition) is 1. The maximum atomic E-state index is 13.3. The van der Waals surface area contributed by atoms with Crippen molar-refractivity contribution in [1.82, 2.24) is 4.90 Å². The number of piperazine rings is 1. The normalized spacial score (nSPS) is 15.5. The van der Waals surface area contributed by atoms with Crippen LogP contribution in [-0.4, -0.2) is 48.1 Å². The fourth-order valence-electron chi connectivity index (χ4n) is 2.15. The lowest BCUT2D eigenvalue weighted by Crippen LogP contribution is -2.48. The van der Waals surface area contributed by atoms with Crippen LogP contribution < -0.4 is 4.90 Å². The molecule has 0 bridgehead atoms. The van der Waals surface area contributed by atoms with Crippen LogP contribution in [0.25, 0.3) is 0 Å². The lowest BCUT2D eigenvalue weighted by Gasteiger charge is -2.35. The highest BCUT2D eigenvalue weighted by molar-refractivity contribution is 5.89. The molecule has 1 aliphatic heterocycles. The number of carbonyl (C=O) groups excluding carboxylic acids is 1. The lowest BCUT2D eigenvalue weighted by atomic mass is 10.1. The van der Waals surface area contributed by atoms with Gasteiger partial charge in [-0.3, -0.25) is 4.79 Å². The van der Waals surface area contributed by atoms with E-state index in [0.717, 1.165) is 6.07 Å². The van der Waals surface area contributed by atoms with Gasteiger partial charge in [0.1, 0.15) is 5.82 Å². The molecule has 102 valence electrons. The molecule has 0 atom stereocenters. The van der Waals surface area contributed by atoms with Gasteiger partial charge in [0, 0.05) is 38.8 Å². The van der Waals surface area contributed by atoms with Gasteiger partial charge >= 0.3 is 5.97 Å². The van der Waals surface area contributed by atoms with Crippen LogP contribution in [0.4, 0.5) is 10.1 Å². The molecule has 1 saturated heterocycles. The molecular formula is C13H15FN2O3. The Balaban J connectivity index is 2.14. The smallest absolute Gasteiger partial charge is 0.338 e. The Hall–Kier alpha value is -2.11. The summed E-state index contributed by atoms with van der Waals surface area (Å²) in [6.45, 7) is 3.94. The topological polar surface area (TPSA) is 60.9 Å². The minimum atomic E-state index is -1.28. The molecule has 0 spiro atoms. The molecule has 1 aliphatic rings. The maximum absolute atomic E-state index is 13.3. The predicted molar refractivity (Wildman–Crippen MR) is 67.8 cm³/mol.